The van der Waals surface area contributed by atoms with E-state index in [1.54, 1.807) is 4.52 Å². The van der Waals surface area contributed by atoms with Crippen LogP contribution in [0, 0.1) is 5.92 Å². The average molecular weight is 300 g/mol. The zero-order valence-corrected chi connectivity index (χ0v) is 12.0. The fourth-order valence-corrected chi connectivity index (χ4v) is 2.58. The Labute approximate surface area is 126 Å². The molecule has 2 fully saturated rings. The summed E-state index contributed by atoms with van der Waals surface area (Å²) in [6.07, 6.45) is 1.88. The van der Waals surface area contributed by atoms with Crippen molar-refractivity contribution < 1.29 is 9.59 Å². The van der Waals surface area contributed by atoms with Gasteiger partial charge in [-0.05, 0) is 25.0 Å². The number of nitrogens with one attached hydrogen (secondary N) is 2. The van der Waals surface area contributed by atoms with E-state index in [0.29, 0.717) is 31.2 Å². The lowest BCUT2D eigenvalue weighted by atomic mass is 10.3. The van der Waals surface area contributed by atoms with Gasteiger partial charge in [-0.3, -0.25) is 14.9 Å². The number of aromatic nitrogens is 3. The molecule has 8 heteroatoms. The number of fused-ring (bicyclic) bond motifs is 1. The Balaban J connectivity index is 1.65. The molecule has 1 saturated carbocycles. The van der Waals surface area contributed by atoms with Gasteiger partial charge in [0.25, 0.3) is 0 Å². The summed E-state index contributed by atoms with van der Waals surface area (Å²) < 4.78 is 1.67. The Morgan fingerprint density at radius 1 is 1.36 bits per heavy atom. The molecule has 0 aromatic carbocycles. The van der Waals surface area contributed by atoms with Gasteiger partial charge < -0.3 is 10.2 Å². The van der Waals surface area contributed by atoms with Crippen LogP contribution in [0.3, 0.4) is 0 Å². The molecule has 2 amide bonds. The van der Waals surface area contributed by atoms with E-state index in [0.717, 1.165) is 18.7 Å². The summed E-state index contributed by atoms with van der Waals surface area (Å²) in [4.78, 5) is 29.7. The number of pyridine rings is 1. The highest BCUT2D eigenvalue weighted by atomic mass is 16.2. The van der Waals surface area contributed by atoms with E-state index < -0.39 is 0 Å². The number of amides is 2. The van der Waals surface area contributed by atoms with Crippen molar-refractivity contribution in [2.24, 2.45) is 5.92 Å². The van der Waals surface area contributed by atoms with Crippen molar-refractivity contribution in [2.75, 3.05) is 29.9 Å². The molecule has 4 rings (SSSR count). The van der Waals surface area contributed by atoms with Crippen LogP contribution in [0.1, 0.15) is 12.8 Å². The second kappa shape index (κ2) is 4.97. The summed E-state index contributed by atoms with van der Waals surface area (Å²) in [5.74, 6) is 1.19. The summed E-state index contributed by atoms with van der Waals surface area (Å²) in [6.45, 7) is 1.62. The van der Waals surface area contributed by atoms with E-state index in [1.165, 1.54) is 0 Å². The van der Waals surface area contributed by atoms with Gasteiger partial charge in [-0.1, -0.05) is 6.07 Å². The zero-order chi connectivity index (χ0) is 15.1. The monoisotopic (exact) mass is 300 g/mol. The Morgan fingerprint density at radius 3 is 3.00 bits per heavy atom. The first kappa shape index (κ1) is 13.1. The van der Waals surface area contributed by atoms with Gasteiger partial charge in [0.1, 0.15) is 5.82 Å². The molecule has 0 bridgehead atoms. The summed E-state index contributed by atoms with van der Waals surface area (Å²) in [7, 11) is 0. The standard InChI is InChI=1S/C14H16N6O2/c21-11-8-19(7-6-15-11)12-3-1-2-10-16-14(18-20(10)12)17-13(22)9-4-5-9/h1-3,9H,4-8H2,(H,15,21)(H,17,18,22). The van der Waals surface area contributed by atoms with Crippen LogP contribution in [0.25, 0.3) is 5.65 Å². The molecule has 2 aromatic rings. The molecule has 22 heavy (non-hydrogen) atoms. The fraction of sp³-hybridized carbons (Fsp3) is 0.429. The Morgan fingerprint density at radius 2 is 2.23 bits per heavy atom. The van der Waals surface area contributed by atoms with Gasteiger partial charge in [0, 0.05) is 19.0 Å². The topological polar surface area (TPSA) is 91.6 Å². The van der Waals surface area contributed by atoms with E-state index in [1.807, 2.05) is 23.1 Å². The summed E-state index contributed by atoms with van der Waals surface area (Å²) >= 11 is 0. The molecule has 8 nitrogen and oxygen atoms in total. The number of nitrogens with zero attached hydrogens (tertiary/aromatic N) is 4. The molecule has 2 N–H and O–H groups in total. The van der Waals surface area contributed by atoms with Crippen molar-refractivity contribution in [1.82, 2.24) is 19.9 Å². The molecule has 0 atom stereocenters. The van der Waals surface area contributed by atoms with Crippen LogP contribution in [-0.2, 0) is 9.59 Å². The molecular weight excluding hydrogens is 284 g/mol. The van der Waals surface area contributed by atoms with Crippen LogP contribution in [0.15, 0.2) is 18.2 Å². The lowest BCUT2D eigenvalue weighted by Gasteiger charge is -2.28. The Kier molecular flexibility index (Phi) is 2.95. The summed E-state index contributed by atoms with van der Waals surface area (Å²) in [6, 6.07) is 5.60. The van der Waals surface area contributed by atoms with E-state index in [4.69, 9.17) is 0 Å². The Hall–Kier alpha value is -2.64. The maximum absolute atomic E-state index is 11.8. The van der Waals surface area contributed by atoms with Crippen LogP contribution in [0.5, 0.6) is 0 Å². The molecule has 3 heterocycles. The van der Waals surface area contributed by atoms with Crippen molar-refractivity contribution in [3.05, 3.63) is 18.2 Å². The molecule has 0 radical (unpaired) electrons. The number of hydrogen-bond donors (Lipinski definition) is 2. The predicted molar refractivity (Wildman–Crippen MR) is 79.6 cm³/mol. The summed E-state index contributed by atoms with van der Waals surface area (Å²) in [5, 5.41) is 9.91. The van der Waals surface area contributed by atoms with Gasteiger partial charge in [0.05, 0.1) is 6.54 Å². The zero-order valence-electron chi connectivity index (χ0n) is 12.0. The minimum Gasteiger partial charge on any atom is -0.353 e. The molecule has 0 unspecified atom stereocenters. The maximum Gasteiger partial charge on any atom is 0.249 e. The third kappa shape index (κ3) is 2.36. The van der Waals surface area contributed by atoms with Crippen LogP contribution in [0.2, 0.25) is 0 Å². The molecular formula is C14H16N6O2. The molecule has 0 spiro atoms. The summed E-state index contributed by atoms with van der Waals surface area (Å²) in [5.41, 5.74) is 0.648. The van der Waals surface area contributed by atoms with Crippen molar-refractivity contribution in [1.29, 1.82) is 0 Å². The van der Waals surface area contributed by atoms with Gasteiger partial charge in [-0.2, -0.15) is 9.50 Å². The molecule has 1 saturated heterocycles. The molecule has 1 aliphatic heterocycles. The highest BCUT2D eigenvalue weighted by Gasteiger charge is 2.30. The molecule has 2 aliphatic rings. The van der Waals surface area contributed by atoms with Crippen LogP contribution in [0.4, 0.5) is 11.8 Å². The highest BCUT2D eigenvalue weighted by Crippen LogP contribution is 2.30. The van der Waals surface area contributed by atoms with Gasteiger partial charge >= 0.3 is 0 Å². The van der Waals surface area contributed by atoms with E-state index >= 15 is 0 Å². The second-order valence-corrected chi connectivity index (χ2v) is 5.62. The Bertz CT molecular complexity index is 751. The minimum atomic E-state index is -0.0187. The van der Waals surface area contributed by atoms with Crippen molar-refractivity contribution in [2.45, 2.75) is 12.8 Å². The third-order valence-electron chi connectivity index (χ3n) is 3.89. The second-order valence-electron chi connectivity index (χ2n) is 5.62. The quantitative estimate of drug-likeness (QED) is 0.833. The SMILES string of the molecule is O=C1CN(c2cccc3nc(NC(=O)C4CC4)nn23)CCN1. The third-order valence-corrected chi connectivity index (χ3v) is 3.89. The highest BCUT2D eigenvalue weighted by molar-refractivity contribution is 5.92. The van der Waals surface area contributed by atoms with Crippen molar-refractivity contribution in [3.63, 3.8) is 0 Å². The fourth-order valence-electron chi connectivity index (χ4n) is 2.58. The molecule has 2 aromatic heterocycles. The van der Waals surface area contributed by atoms with Crippen LogP contribution < -0.4 is 15.5 Å². The van der Waals surface area contributed by atoms with Gasteiger partial charge in [-0.25, -0.2) is 0 Å². The van der Waals surface area contributed by atoms with Crippen molar-refractivity contribution in [3.8, 4) is 0 Å². The first-order valence-electron chi connectivity index (χ1n) is 7.39. The lowest BCUT2D eigenvalue weighted by molar-refractivity contribution is -0.120. The largest absolute Gasteiger partial charge is 0.353 e. The van der Waals surface area contributed by atoms with Gasteiger partial charge in [-0.15, -0.1) is 5.10 Å². The van der Waals surface area contributed by atoms with Crippen LogP contribution >= 0.6 is 0 Å². The number of hydrogen-bond acceptors (Lipinski definition) is 5. The smallest absolute Gasteiger partial charge is 0.249 e. The lowest BCUT2D eigenvalue weighted by Crippen LogP contribution is -2.48. The van der Waals surface area contributed by atoms with Gasteiger partial charge in [0.2, 0.25) is 17.8 Å². The predicted octanol–water partition coefficient (Wildman–Crippen LogP) is 0.0140. The van der Waals surface area contributed by atoms with Crippen LogP contribution in [-0.4, -0.2) is 46.0 Å². The van der Waals surface area contributed by atoms with E-state index in [2.05, 4.69) is 20.7 Å². The van der Waals surface area contributed by atoms with E-state index in [-0.39, 0.29) is 17.7 Å². The average Bonchev–Trinajstić information content (AvgIpc) is 3.27. The number of carbonyl (C=O) groups excluding carboxylic acids is 2. The molecule has 1 aliphatic carbocycles. The van der Waals surface area contributed by atoms with Crippen molar-refractivity contribution >= 4 is 29.2 Å². The van der Waals surface area contributed by atoms with Gasteiger partial charge in [0.15, 0.2) is 5.65 Å². The number of carbonyl (C=O) groups is 2. The van der Waals surface area contributed by atoms with E-state index in [9.17, 15) is 9.59 Å². The number of piperazine rings is 1. The number of rotatable bonds is 3. The first-order chi connectivity index (χ1) is 10.7. The number of anilines is 2. The minimum absolute atomic E-state index is 0.00868. The maximum atomic E-state index is 11.8. The first-order valence-corrected chi connectivity index (χ1v) is 7.39. The normalized spacial score (nSPS) is 18.4. The molecule has 114 valence electrons.